The first-order valence-electron chi connectivity index (χ1n) is 6.64. The Bertz CT molecular complexity index is 654. The first-order valence-corrected chi connectivity index (χ1v) is 7.41. The van der Waals surface area contributed by atoms with Gasteiger partial charge in [0, 0.05) is 17.3 Å². The molecule has 2 aromatic rings. The number of nitrogens with zero attached hydrogens (tertiary/aromatic N) is 2. The van der Waals surface area contributed by atoms with Gasteiger partial charge in [-0.1, -0.05) is 12.1 Å². The lowest BCUT2D eigenvalue weighted by Crippen LogP contribution is -2.32. The van der Waals surface area contributed by atoms with Gasteiger partial charge < -0.3 is 0 Å². The number of pyridine rings is 1. The Morgan fingerprint density at radius 2 is 1.62 bits per heavy atom. The second kappa shape index (κ2) is 7.02. The zero-order chi connectivity index (χ0) is 18.0. The van der Waals surface area contributed by atoms with Gasteiger partial charge in [0.1, 0.15) is 6.04 Å². The van der Waals surface area contributed by atoms with Crippen LogP contribution in [0.5, 0.6) is 0 Å². The molecule has 1 aromatic heterocycles. The molecule has 0 bridgehead atoms. The molecule has 0 aliphatic carbocycles. The molecule has 0 fully saturated rings. The minimum absolute atomic E-state index is 0.269. The third-order valence-corrected chi connectivity index (χ3v) is 4.06. The molecule has 9 heteroatoms. The summed E-state index contributed by atoms with van der Waals surface area (Å²) < 4.78 is 78.8. The van der Waals surface area contributed by atoms with E-state index in [1.165, 1.54) is 19.4 Å². The summed E-state index contributed by atoms with van der Waals surface area (Å²) in [5.74, 6) is 0. The molecule has 0 N–H and O–H groups in total. The van der Waals surface area contributed by atoms with Gasteiger partial charge in [-0.25, -0.2) is 4.31 Å². The zero-order valence-corrected chi connectivity index (χ0v) is 13.1. The van der Waals surface area contributed by atoms with Gasteiger partial charge in [-0.3, -0.25) is 4.98 Å². The van der Waals surface area contributed by atoms with Gasteiger partial charge in [-0.2, -0.15) is 26.3 Å². The van der Waals surface area contributed by atoms with E-state index in [1.54, 1.807) is 12.1 Å². The molecule has 1 heterocycles. The Morgan fingerprint density at radius 3 is 2.08 bits per heavy atom. The molecule has 2 nitrogen and oxygen atoms in total. The number of hydrogen-bond donors (Lipinski definition) is 0. The van der Waals surface area contributed by atoms with Crippen molar-refractivity contribution in [3.63, 3.8) is 0 Å². The van der Waals surface area contributed by atoms with E-state index in [-0.39, 0.29) is 5.56 Å². The normalized spacial score (nSPS) is 14.0. The molecule has 0 spiro atoms. The van der Waals surface area contributed by atoms with Crippen LogP contribution in [-0.4, -0.2) is 22.5 Å². The van der Waals surface area contributed by atoms with Gasteiger partial charge >= 0.3 is 12.4 Å². The summed E-state index contributed by atoms with van der Waals surface area (Å²) in [6, 6.07) is 4.12. The number of hydrogen-bond acceptors (Lipinski definition) is 3. The van der Waals surface area contributed by atoms with Crippen LogP contribution < -0.4 is 0 Å². The maximum absolute atomic E-state index is 13.4. The summed E-state index contributed by atoms with van der Waals surface area (Å²) in [5, 5.41) is 0. The van der Waals surface area contributed by atoms with Crippen LogP contribution in [0, 0.1) is 0 Å². The van der Waals surface area contributed by atoms with Crippen molar-refractivity contribution in [1.29, 1.82) is 0 Å². The number of rotatable bonds is 4. The zero-order valence-electron chi connectivity index (χ0n) is 12.3. The van der Waals surface area contributed by atoms with Crippen LogP contribution >= 0.6 is 11.9 Å². The molecule has 1 atom stereocenters. The predicted molar refractivity (Wildman–Crippen MR) is 78.1 cm³/mol. The molecule has 24 heavy (non-hydrogen) atoms. The molecule has 1 unspecified atom stereocenters. The van der Waals surface area contributed by atoms with Crippen LogP contribution in [0.2, 0.25) is 0 Å². The Morgan fingerprint density at radius 1 is 1.00 bits per heavy atom. The summed E-state index contributed by atoms with van der Waals surface area (Å²) in [6.45, 7) is 0. The average Bonchev–Trinajstić information content (AvgIpc) is 2.46. The monoisotopic (exact) mass is 366 g/mol. The summed E-state index contributed by atoms with van der Waals surface area (Å²) in [7, 11) is 1.23. The molecule has 130 valence electrons. The van der Waals surface area contributed by atoms with E-state index in [1.807, 2.05) is 0 Å². The van der Waals surface area contributed by atoms with Crippen LogP contribution in [0.4, 0.5) is 26.3 Å². The van der Waals surface area contributed by atoms with Crippen molar-refractivity contribution in [3.05, 3.63) is 59.9 Å². The fourth-order valence-electron chi connectivity index (χ4n) is 2.08. The summed E-state index contributed by atoms with van der Waals surface area (Å²) >= 11 is 0.812. The molecule has 0 saturated heterocycles. The molecular weight excluding hydrogens is 354 g/mol. The van der Waals surface area contributed by atoms with Crippen LogP contribution in [0.25, 0.3) is 0 Å². The predicted octanol–water partition coefficient (Wildman–Crippen LogP) is 5.34. The number of alkyl halides is 6. The minimum atomic E-state index is -4.65. The van der Waals surface area contributed by atoms with E-state index in [9.17, 15) is 26.3 Å². The van der Waals surface area contributed by atoms with E-state index in [0.717, 1.165) is 28.4 Å². The lowest BCUT2D eigenvalue weighted by atomic mass is 10.0. The van der Waals surface area contributed by atoms with Crippen molar-refractivity contribution < 1.29 is 26.3 Å². The van der Waals surface area contributed by atoms with Crippen molar-refractivity contribution in [2.45, 2.75) is 23.3 Å². The maximum Gasteiger partial charge on any atom is 0.416 e. The average molecular weight is 366 g/mol. The fraction of sp³-hybridized carbons (Fsp3) is 0.267. The van der Waals surface area contributed by atoms with Crippen LogP contribution in [-0.2, 0) is 6.18 Å². The molecule has 2 rings (SSSR count). The third-order valence-electron chi connectivity index (χ3n) is 3.11. The quantitative estimate of drug-likeness (QED) is 0.537. The lowest BCUT2D eigenvalue weighted by molar-refractivity contribution is -0.169. The van der Waals surface area contributed by atoms with Crippen molar-refractivity contribution in [3.8, 4) is 0 Å². The third kappa shape index (κ3) is 4.64. The van der Waals surface area contributed by atoms with E-state index in [0.29, 0.717) is 17.0 Å². The first kappa shape index (κ1) is 18.6. The van der Waals surface area contributed by atoms with Crippen molar-refractivity contribution in [2.24, 2.45) is 0 Å². The lowest BCUT2D eigenvalue weighted by Gasteiger charge is -2.29. The highest BCUT2D eigenvalue weighted by Gasteiger charge is 2.44. The number of halogens is 6. The Hall–Kier alpha value is -1.74. The Labute approximate surface area is 138 Å². The topological polar surface area (TPSA) is 16.1 Å². The summed E-state index contributed by atoms with van der Waals surface area (Å²) in [4.78, 5) is 4.30. The second-order valence-corrected chi connectivity index (χ2v) is 6.12. The van der Waals surface area contributed by atoms with Crippen LogP contribution in [0.1, 0.15) is 17.2 Å². The van der Waals surface area contributed by atoms with Crippen molar-refractivity contribution >= 4 is 11.9 Å². The van der Waals surface area contributed by atoms with Crippen molar-refractivity contribution in [2.75, 3.05) is 7.05 Å². The van der Waals surface area contributed by atoms with Gasteiger partial charge in [-0.15, -0.1) is 0 Å². The number of aromatic nitrogens is 1. The second-order valence-electron chi connectivity index (χ2n) is 4.89. The van der Waals surface area contributed by atoms with E-state index >= 15 is 0 Å². The molecule has 0 amide bonds. The molecule has 0 radical (unpaired) electrons. The fourth-order valence-corrected chi connectivity index (χ4v) is 3.01. The standard InChI is InChI=1S/C15H12F6N2S/c1-23(24-12-3-2-8-22-9-12)13(15(19,20)21)10-4-6-11(7-5-10)14(16,17)18/h2-9,13H,1H3. The highest BCUT2D eigenvalue weighted by atomic mass is 32.2. The Kier molecular flexibility index (Phi) is 5.44. The minimum Gasteiger partial charge on any atom is -0.264 e. The molecule has 0 aliphatic rings. The van der Waals surface area contributed by atoms with Gasteiger partial charge in [0.15, 0.2) is 0 Å². The SMILES string of the molecule is CN(Sc1cccnc1)C(c1ccc(C(F)(F)F)cc1)C(F)(F)F. The highest BCUT2D eigenvalue weighted by Crippen LogP contribution is 2.42. The highest BCUT2D eigenvalue weighted by molar-refractivity contribution is 7.97. The maximum atomic E-state index is 13.4. The Balaban J connectivity index is 2.28. The van der Waals surface area contributed by atoms with Gasteiger partial charge in [-0.05, 0) is 48.8 Å². The van der Waals surface area contributed by atoms with Gasteiger partial charge in [0.25, 0.3) is 0 Å². The van der Waals surface area contributed by atoms with Crippen LogP contribution in [0.15, 0.2) is 53.7 Å². The van der Waals surface area contributed by atoms with E-state index in [2.05, 4.69) is 4.98 Å². The number of benzene rings is 1. The molecule has 0 saturated carbocycles. The van der Waals surface area contributed by atoms with Crippen molar-refractivity contribution in [1.82, 2.24) is 9.29 Å². The van der Waals surface area contributed by atoms with E-state index in [4.69, 9.17) is 0 Å². The molecular formula is C15H12F6N2S. The molecule has 0 aliphatic heterocycles. The summed E-state index contributed by atoms with van der Waals surface area (Å²) in [5.41, 5.74) is -1.26. The first-order chi connectivity index (χ1) is 11.1. The van der Waals surface area contributed by atoms with Gasteiger partial charge in [0.2, 0.25) is 0 Å². The molecule has 1 aromatic carbocycles. The van der Waals surface area contributed by atoms with E-state index < -0.39 is 24.0 Å². The largest absolute Gasteiger partial charge is 0.416 e. The van der Waals surface area contributed by atoms with Crippen LogP contribution in [0.3, 0.4) is 0 Å². The van der Waals surface area contributed by atoms with Gasteiger partial charge in [0.05, 0.1) is 5.56 Å². The smallest absolute Gasteiger partial charge is 0.264 e. The summed E-state index contributed by atoms with van der Waals surface area (Å²) in [6.07, 6.45) is -6.35.